The topological polar surface area (TPSA) is 38.8 Å². The Balaban J connectivity index is 1.40. The van der Waals surface area contributed by atoms with Gasteiger partial charge in [0.25, 0.3) is 0 Å². The second kappa shape index (κ2) is 8.23. The summed E-state index contributed by atoms with van der Waals surface area (Å²) >= 11 is 0. The molecule has 2 heterocycles. The van der Waals surface area contributed by atoms with Gasteiger partial charge in [0.1, 0.15) is 0 Å². The Kier molecular flexibility index (Phi) is 5.53. The van der Waals surface area contributed by atoms with Crippen molar-refractivity contribution in [2.75, 3.05) is 43.4 Å². The molecule has 1 unspecified atom stereocenters. The van der Waals surface area contributed by atoms with E-state index in [-0.39, 0.29) is 12.1 Å². The first-order chi connectivity index (χ1) is 13.6. The van der Waals surface area contributed by atoms with E-state index in [9.17, 15) is 4.79 Å². The average molecular weight is 379 g/mol. The Morgan fingerprint density at radius 3 is 2.68 bits per heavy atom. The van der Waals surface area contributed by atoms with Crippen molar-refractivity contribution in [3.05, 3.63) is 59.7 Å². The standard InChI is InChI=1S/C23H30N4O/c1-18-16-26(17-19-8-4-3-5-9-19)14-15-27(18)23(28)24-21-12-6-10-20-11-7-13-25(2)22(20)21/h3-6,8-10,12,18H,7,11,13-17H2,1-2H3,(H,24,28). The van der Waals surface area contributed by atoms with Crippen LogP contribution >= 0.6 is 0 Å². The van der Waals surface area contributed by atoms with Crippen LogP contribution in [0.5, 0.6) is 0 Å². The molecule has 148 valence electrons. The molecule has 2 aromatic rings. The lowest BCUT2D eigenvalue weighted by Crippen LogP contribution is -2.54. The van der Waals surface area contributed by atoms with Crippen molar-refractivity contribution < 1.29 is 4.79 Å². The fourth-order valence-electron chi connectivity index (χ4n) is 4.47. The lowest BCUT2D eigenvalue weighted by molar-refractivity contribution is 0.104. The summed E-state index contributed by atoms with van der Waals surface area (Å²) in [6.45, 7) is 6.68. The van der Waals surface area contributed by atoms with E-state index in [2.05, 4.69) is 65.5 Å². The third-order valence-electron chi connectivity index (χ3n) is 5.90. The SMILES string of the molecule is CC1CN(Cc2ccccc2)CCN1C(=O)Nc1cccc2c1N(C)CCC2. The molecule has 1 fully saturated rings. The summed E-state index contributed by atoms with van der Waals surface area (Å²) in [7, 11) is 2.11. The molecule has 5 heteroatoms. The van der Waals surface area contributed by atoms with Gasteiger partial charge in [-0.15, -0.1) is 0 Å². The zero-order chi connectivity index (χ0) is 19.5. The molecule has 2 amide bonds. The number of carbonyl (C=O) groups excluding carboxylic acids is 1. The number of hydrogen-bond acceptors (Lipinski definition) is 3. The zero-order valence-electron chi connectivity index (χ0n) is 16.9. The fraction of sp³-hybridized carbons (Fsp3) is 0.435. The van der Waals surface area contributed by atoms with Crippen LogP contribution in [0, 0.1) is 0 Å². The number of nitrogens with one attached hydrogen (secondary N) is 1. The molecule has 2 aromatic carbocycles. The van der Waals surface area contributed by atoms with E-state index in [1.807, 2.05) is 17.0 Å². The first-order valence-corrected chi connectivity index (χ1v) is 10.3. The first kappa shape index (κ1) is 18.8. The van der Waals surface area contributed by atoms with E-state index in [1.54, 1.807) is 0 Å². The quantitative estimate of drug-likeness (QED) is 0.883. The molecule has 0 radical (unpaired) electrons. The van der Waals surface area contributed by atoms with Gasteiger partial charge in [-0.25, -0.2) is 4.79 Å². The minimum Gasteiger partial charge on any atom is -0.373 e. The number of carbonyl (C=O) groups is 1. The van der Waals surface area contributed by atoms with Gasteiger partial charge in [0.05, 0.1) is 11.4 Å². The zero-order valence-corrected chi connectivity index (χ0v) is 16.9. The van der Waals surface area contributed by atoms with Gasteiger partial charge >= 0.3 is 6.03 Å². The number of para-hydroxylation sites is 1. The lowest BCUT2D eigenvalue weighted by atomic mass is 10.0. The molecule has 2 aliphatic heterocycles. The molecule has 0 spiro atoms. The van der Waals surface area contributed by atoms with Crippen molar-refractivity contribution in [1.29, 1.82) is 0 Å². The van der Waals surface area contributed by atoms with Crippen molar-refractivity contribution in [2.45, 2.75) is 32.4 Å². The van der Waals surface area contributed by atoms with Gasteiger partial charge in [-0.1, -0.05) is 42.5 Å². The highest BCUT2D eigenvalue weighted by Crippen LogP contribution is 2.33. The Labute approximate surface area is 167 Å². The van der Waals surface area contributed by atoms with Crippen molar-refractivity contribution in [3.63, 3.8) is 0 Å². The van der Waals surface area contributed by atoms with Gasteiger partial charge in [-0.3, -0.25) is 4.90 Å². The molecule has 28 heavy (non-hydrogen) atoms. The number of anilines is 2. The maximum Gasteiger partial charge on any atom is 0.322 e. The maximum absolute atomic E-state index is 13.0. The van der Waals surface area contributed by atoms with Crippen molar-refractivity contribution in [3.8, 4) is 0 Å². The van der Waals surface area contributed by atoms with Gasteiger partial charge < -0.3 is 15.1 Å². The van der Waals surface area contributed by atoms with E-state index in [4.69, 9.17) is 0 Å². The fourth-order valence-corrected chi connectivity index (χ4v) is 4.47. The molecular weight excluding hydrogens is 348 g/mol. The van der Waals surface area contributed by atoms with Crippen LogP contribution in [0.25, 0.3) is 0 Å². The third-order valence-corrected chi connectivity index (χ3v) is 5.90. The summed E-state index contributed by atoms with van der Waals surface area (Å²) in [5.41, 5.74) is 4.76. The number of hydrogen-bond donors (Lipinski definition) is 1. The number of rotatable bonds is 3. The van der Waals surface area contributed by atoms with E-state index >= 15 is 0 Å². The minimum absolute atomic E-state index is 0.0132. The monoisotopic (exact) mass is 378 g/mol. The van der Waals surface area contributed by atoms with Gasteiger partial charge in [0, 0.05) is 45.8 Å². The lowest BCUT2D eigenvalue weighted by Gasteiger charge is -2.40. The van der Waals surface area contributed by atoms with Gasteiger partial charge in [0.15, 0.2) is 0 Å². The van der Waals surface area contributed by atoms with Crippen molar-refractivity contribution >= 4 is 17.4 Å². The molecule has 0 aromatic heterocycles. The molecule has 5 nitrogen and oxygen atoms in total. The van der Waals surface area contributed by atoms with Crippen LogP contribution in [0.1, 0.15) is 24.5 Å². The number of fused-ring (bicyclic) bond motifs is 1. The van der Waals surface area contributed by atoms with E-state index in [0.717, 1.165) is 44.8 Å². The summed E-state index contributed by atoms with van der Waals surface area (Å²) < 4.78 is 0. The van der Waals surface area contributed by atoms with Crippen LogP contribution in [0.4, 0.5) is 16.2 Å². The molecule has 4 rings (SSSR count). The maximum atomic E-state index is 13.0. The van der Waals surface area contributed by atoms with Crippen LogP contribution < -0.4 is 10.2 Å². The number of nitrogens with zero attached hydrogens (tertiary/aromatic N) is 3. The molecule has 1 atom stereocenters. The van der Waals surface area contributed by atoms with Gasteiger partial charge in [0.2, 0.25) is 0 Å². The number of amides is 2. The van der Waals surface area contributed by atoms with Gasteiger partial charge in [-0.2, -0.15) is 0 Å². The van der Waals surface area contributed by atoms with Crippen LogP contribution in [0.15, 0.2) is 48.5 Å². The molecule has 0 aliphatic carbocycles. The van der Waals surface area contributed by atoms with Gasteiger partial charge in [-0.05, 0) is 37.0 Å². The number of benzene rings is 2. The van der Waals surface area contributed by atoms with Crippen LogP contribution in [-0.4, -0.2) is 55.1 Å². The second-order valence-corrected chi connectivity index (χ2v) is 8.03. The Bertz CT molecular complexity index is 823. The molecule has 1 N–H and O–H groups in total. The number of urea groups is 1. The highest BCUT2D eigenvalue weighted by molar-refractivity contribution is 5.94. The summed E-state index contributed by atoms with van der Waals surface area (Å²) in [6, 6.07) is 17.0. The second-order valence-electron chi connectivity index (χ2n) is 8.03. The predicted molar refractivity (Wildman–Crippen MR) is 115 cm³/mol. The summed E-state index contributed by atoms with van der Waals surface area (Å²) in [5.74, 6) is 0. The smallest absolute Gasteiger partial charge is 0.322 e. The normalized spacial score (nSPS) is 20.0. The van der Waals surface area contributed by atoms with Crippen molar-refractivity contribution in [2.24, 2.45) is 0 Å². The Morgan fingerprint density at radius 1 is 1.07 bits per heavy atom. The molecular formula is C23H30N4O. The highest BCUT2D eigenvalue weighted by Gasteiger charge is 2.28. The Hall–Kier alpha value is -2.53. The van der Waals surface area contributed by atoms with Crippen LogP contribution in [0.3, 0.4) is 0 Å². The number of aryl methyl sites for hydroxylation is 1. The third kappa shape index (κ3) is 3.99. The summed E-state index contributed by atoms with van der Waals surface area (Å²) in [4.78, 5) is 19.7. The first-order valence-electron chi connectivity index (χ1n) is 10.3. The predicted octanol–water partition coefficient (Wildman–Crippen LogP) is 3.81. The summed E-state index contributed by atoms with van der Waals surface area (Å²) in [5, 5.41) is 3.19. The Morgan fingerprint density at radius 2 is 1.89 bits per heavy atom. The van der Waals surface area contributed by atoms with Crippen LogP contribution in [0.2, 0.25) is 0 Å². The highest BCUT2D eigenvalue weighted by atomic mass is 16.2. The molecule has 0 bridgehead atoms. The van der Waals surface area contributed by atoms with Crippen LogP contribution in [-0.2, 0) is 13.0 Å². The molecule has 2 aliphatic rings. The number of piperazine rings is 1. The van der Waals surface area contributed by atoms with E-state index < -0.39 is 0 Å². The largest absolute Gasteiger partial charge is 0.373 e. The summed E-state index contributed by atoms with van der Waals surface area (Å²) in [6.07, 6.45) is 2.25. The van der Waals surface area contributed by atoms with Crippen molar-refractivity contribution in [1.82, 2.24) is 9.80 Å². The van der Waals surface area contributed by atoms with E-state index in [1.165, 1.54) is 23.2 Å². The molecule has 1 saturated heterocycles. The average Bonchev–Trinajstić information content (AvgIpc) is 2.69. The minimum atomic E-state index is 0.0132. The molecule has 0 saturated carbocycles. The van der Waals surface area contributed by atoms with E-state index in [0.29, 0.717) is 0 Å².